The molecule has 3 rings (SSSR count). The highest BCUT2D eigenvalue weighted by Gasteiger charge is 2.23. The van der Waals surface area contributed by atoms with Gasteiger partial charge < -0.3 is 19.5 Å². The molecule has 0 saturated heterocycles. The van der Waals surface area contributed by atoms with Gasteiger partial charge in [0.05, 0.1) is 30.5 Å². The predicted octanol–water partition coefficient (Wildman–Crippen LogP) is 3.90. The van der Waals surface area contributed by atoms with E-state index in [1.807, 2.05) is 0 Å². The Balaban J connectivity index is 1.79. The Labute approximate surface area is 191 Å². The predicted molar refractivity (Wildman–Crippen MR) is 124 cm³/mol. The first kappa shape index (κ1) is 23.7. The first-order valence-electron chi connectivity index (χ1n) is 9.79. The van der Waals surface area contributed by atoms with Crippen molar-refractivity contribution in [3.05, 3.63) is 76.8 Å². The fourth-order valence-electron chi connectivity index (χ4n) is 2.97. The van der Waals surface area contributed by atoms with Gasteiger partial charge in [-0.25, -0.2) is 8.42 Å². The normalized spacial score (nSPS) is 10.8. The van der Waals surface area contributed by atoms with Crippen LogP contribution in [0.25, 0.3) is 0 Å². The number of anilines is 2. The first-order chi connectivity index (χ1) is 15.8. The molecule has 174 valence electrons. The van der Waals surface area contributed by atoms with Crippen molar-refractivity contribution >= 4 is 27.1 Å². The van der Waals surface area contributed by atoms with Crippen molar-refractivity contribution in [3.8, 4) is 17.2 Å². The van der Waals surface area contributed by atoms with Crippen molar-refractivity contribution < 1.29 is 27.6 Å². The van der Waals surface area contributed by atoms with E-state index in [-0.39, 0.29) is 35.1 Å². The van der Waals surface area contributed by atoms with Crippen LogP contribution in [0.3, 0.4) is 0 Å². The van der Waals surface area contributed by atoms with Crippen molar-refractivity contribution in [1.29, 1.82) is 0 Å². The van der Waals surface area contributed by atoms with E-state index in [1.165, 1.54) is 25.3 Å². The molecular weight excluding hydrogens is 450 g/mol. The zero-order valence-electron chi connectivity index (χ0n) is 18.0. The van der Waals surface area contributed by atoms with Crippen LogP contribution in [-0.4, -0.2) is 40.7 Å². The van der Waals surface area contributed by atoms with Crippen LogP contribution in [0, 0.1) is 10.1 Å². The smallest absolute Gasteiger partial charge is 0.270 e. The van der Waals surface area contributed by atoms with Crippen LogP contribution in [0.1, 0.15) is 0 Å². The second kappa shape index (κ2) is 10.6. The molecule has 3 aromatic rings. The molecule has 0 heterocycles. The molecular formula is C22H23N3O7S. The molecule has 0 unspecified atom stereocenters. The molecule has 0 fully saturated rings. The van der Waals surface area contributed by atoms with Crippen molar-refractivity contribution in [2.75, 3.05) is 37.4 Å². The van der Waals surface area contributed by atoms with Crippen LogP contribution in [0.15, 0.2) is 71.6 Å². The molecule has 0 radical (unpaired) electrons. The quantitative estimate of drug-likeness (QED) is 0.244. The summed E-state index contributed by atoms with van der Waals surface area (Å²) in [6.07, 6.45) is 0. The Morgan fingerprint density at radius 1 is 0.909 bits per heavy atom. The Bertz CT molecular complexity index is 1230. The SMILES string of the molecule is COc1cccc(OCCNc2ccc([N+](=O)[O-])cc2S(=O)(=O)Nc2ccccc2OC)c1. The molecule has 3 aromatic carbocycles. The van der Waals surface area contributed by atoms with Crippen LogP contribution >= 0.6 is 0 Å². The van der Waals surface area contributed by atoms with E-state index in [2.05, 4.69) is 10.0 Å². The van der Waals surface area contributed by atoms with Crippen LogP contribution in [-0.2, 0) is 10.0 Å². The fourth-order valence-corrected chi connectivity index (χ4v) is 4.24. The summed E-state index contributed by atoms with van der Waals surface area (Å²) < 4.78 is 44.6. The average Bonchev–Trinajstić information content (AvgIpc) is 2.82. The fraction of sp³-hybridized carbons (Fsp3) is 0.182. The zero-order chi connectivity index (χ0) is 23.8. The number of sulfonamides is 1. The molecule has 0 aliphatic carbocycles. The Hall–Kier alpha value is -3.99. The average molecular weight is 474 g/mol. The lowest BCUT2D eigenvalue weighted by Crippen LogP contribution is -2.18. The minimum atomic E-state index is -4.19. The first-order valence-corrected chi connectivity index (χ1v) is 11.3. The van der Waals surface area contributed by atoms with Crippen molar-refractivity contribution in [1.82, 2.24) is 0 Å². The van der Waals surface area contributed by atoms with E-state index in [0.29, 0.717) is 17.2 Å². The number of ether oxygens (including phenoxy) is 3. The highest BCUT2D eigenvalue weighted by molar-refractivity contribution is 7.93. The van der Waals surface area contributed by atoms with Gasteiger partial charge >= 0.3 is 0 Å². The van der Waals surface area contributed by atoms with Gasteiger partial charge in [-0.2, -0.15) is 0 Å². The third kappa shape index (κ3) is 6.04. The Morgan fingerprint density at radius 2 is 1.67 bits per heavy atom. The molecule has 0 amide bonds. The number of nitro groups is 1. The lowest BCUT2D eigenvalue weighted by molar-refractivity contribution is -0.385. The van der Waals surface area contributed by atoms with E-state index in [9.17, 15) is 18.5 Å². The van der Waals surface area contributed by atoms with Gasteiger partial charge in [-0.1, -0.05) is 18.2 Å². The number of nitrogens with one attached hydrogen (secondary N) is 2. The van der Waals surface area contributed by atoms with Gasteiger partial charge in [0.1, 0.15) is 28.8 Å². The summed E-state index contributed by atoms with van der Waals surface area (Å²) in [5.74, 6) is 1.55. The van der Waals surface area contributed by atoms with Crippen molar-refractivity contribution in [2.24, 2.45) is 0 Å². The van der Waals surface area contributed by atoms with E-state index in [0.717, 1.165) is 6.07 Å². The molecule has 0 aliphatic heterocycles. The second-order valence-corrected chi connectivity index (χ2v) is 8.35. The van der Waals surface area contributed by atoms with E-state index in [1.54, 1.807) is 49.6 Å². The summed E-state index contributed by atoms with van der Waals surface area (Å²) in [6, 6.07) is 17.1. The molecule has 11 heteroatoms. The van der Waals surface area contributed by atoms with Gasteiger partial charge in [-0.15, -0.1) is 0 Å². The Morgan fingerprint density at radius 3 is 2.39 bits per heavy atom. The number of hydrogen-bond acceptors (Lipinski definition) is 8. The van der Waals surface area contributed by atoms with Gasteiger partial charge in [-0.3, -0.25) is 14.8 Å². The number of non-ortho nitro benzene ring substituents is 1. The van der Waals surface area contributed by atoms with Gasteiger partial charge in [0, 0.05) is 24.7 Å². The number of benzene rings is 3. The molecule has 0 atom stereocenters. The van der Waals surface area contributed by atoms with Crippen molar-refractivity contribution in [2.45, 2.75) is 4.90 Å². The molecule has 0 spiro atoms. The summed E-state index contributed by atoms with van der Waals surface area (Å²) in [6.45, 7) is 0.454. The second-order valence-electron chi connectivity index (χ2n) is 6.70. The largest absolute Gasteiger partial charge is 0.497 e. The molecule has 0 aliphatic rings. The third-order valence-electron chi connectivity index (χ3n) is 4.54. The van der Waals surface area contributed by atoms with Gasteiger partial charge in [0.15, 0.2) is 0 Å². The number of nitrogens with zero attached hydrogens (tertiary/aromatic N) is 1. The molecule has 10 nitrogen and oxygen atoms in total. The minimum Gasteiger partial charge on any atom is -0.497 e. The minimum absolute atomic E-state index is 0.192. The van der Waals surface area contributed by atoms with Gasteiger partial charge in [-0.05, 0) is 30.3 Å². The summed E-state index contributed by atoms with van der Waals surface area (Å²) in [7, 11) is -1.22. The lowest BCUT2D eigenvalue weighted by atomic mass is 10.3. The highest BCUT2D eigenvalue weighted by atomic mass is 32.2. The zero-order valence-corrected chi connectivity index (χ0v) is 18.8. The maximum atomic E-state index is 13.1. The Kier molecular flexibility index (Phi) is 7.57. The summed E-state index contributed by atoms with van der Waals surface area (Å²) in [5.41, 5.74) is 0.0460. The number of rotatable bonds is 11. The molecule has 2 N–H and O–H groups in total. The molecule has 0 aromatic heterocycles. The van der Waals surface area contributed by atoms with E-state index < -0.39 is 14.9 Å². The van der Waals surface area contributed by atoms with Gasteiger partial charge in [0.2, 0.25) is 0 Å². The number of hydrogen-bond donors (Lipinski definition) is 2. The maximum Gasteiger partial charge on any atom is 0.270 e. The molecule has 33 heavy (non-hydrogen) atoms. The lowest BCUT2D eigenvalue weighted by Gasteiger charge is -2.15. The van der Waals surface area contributed by atoms with E-state index >= 15 is 0 Å². The topological polar surface area (TPSA) is 129 Å². The number of para-hydroxylation sites is 2. The third-order valence-corrected chi connectivity index (χ3v) is 5.95. The van der Waals surface area contributed by atoms with Crippen LogP contribution in [0.4, 0.5) is 17.1 Å². The standard InChI is InChI=1S/C22H23N3O7S/c1-30-17-6-5-7-18(15-17)32-13-12-23-20-11-10-16(25(26)27)14-22(20)33(28,29)24-19-8-3-4-9-21(19)31-2/h3-11,14-15,23-24H,12-13H2,1-2H3. The molecule has 0 saturated carbocycles. The van der Waals surface area contributed by atoms with Crippen LogP contribution < -0.4 is 24.2 Å². The highest BCUT2D eigenvalue weighted by Crippen LogP contribution is 2.31. The maximum absolute atomic E-state index is 13.1. The molecule has 0 bridgehead atoms. The van der Waals surface area contributed by atoms with Crippen molar-refractivity contribution in [3.63, 3.8) is 0 Å². The summed E-state index contributed by atoms with van der Waals surface area (Å²) in [4.78, 5) is 10.3. The van der Waals surface area contributed by atoms with Gasteiger partial charge in [0.25, 0.3) is 15.7 Å². The van der Waals surface area contributed by atoms with Crippen LogP contribution in [0.2, 0.25) is 0 Å². The summed E-state index contributed by atoms with van der Waals surface area (Å²) in [5, 5.41) is 14.2. The van der Waals surface area contributed by atoms with Crippen LogP contribution in [0.5, 0.6) is 17.2 Å². The monoisotopic (exact) mass is 473 g/mol. The van der Waals surface area contributed by atoms with E-state index in [4.69, 9.17) is 14.2 Å². The number of methoxy groups -OCH3 is 2. The number of nitro benzene ring substituents is 1. The summed E-state index contributed by atoms with van der Waals surface area (Å²) >= 11 is 0.